The van der Waals surface area contributed by atoms with Crippen molar-refractivity contribution in [2.45, 2.75) is 6.61 Å². The Balaban J connectivity index is 2.15. The predicted octanol–water partition coefficient (Wildman–Crippen LogP) is 3.76. The van der Waals surface area contributed by atoms with Crippen molar-refractivity contribution in [3.05, 3.63) is 52.3 Å². The van der Waals surface area contributed by atoms with Crippen LogP contribution in [0, 0.1) is 5.82 Å². The first-order chi connectivity index (χ1) is 9.10. The first-order valence-electron chi connectivity index (χ1n) is 5.60. The van der Waals surface area contributed by atoms with Crippen LogP contribution in [0.5, 0.6) is 11.5 Å². The highest BCUT2D eigenvalue weighted by Gasteiger charge is 2.09. The van der Waals surface area contributed by atoms with Crippen LogP contribution >= 0.6 is 15.9 Å². The van der Waals surface area contributed by atoms with Crippen molar-refractivity contribution in [1.29, 1.82) is 0 Å². The highest BCUT2D eigenvalue weighted by molar-refractivity contribution is 9.10. The van der Waals surface area contributed by atoms with Gasteiger partial charge in [0.25, 0.3) is 0 Å². The molecule has 2 rings (SSSR count). The lowest BCUT2D eigenvalue weighted by molar-refractivity contribution is 0.303. The number of rotatable bonds is 4. The van der Waals surface area contributed by atoms with E-state index in [9.17, 15) is 4.39 Å². The molecule has 0 fully saturated rings. The first kappa shape index (κ1) is 13.7. The zero-order chi connectivity index (χ0) is 13.8. The Kier molecular flexibility index (Phi) is 4.27. The monoisotopic (exact) mass is 325 g/mol. The van der Waals surface area contributed by atoms with Gasteiger partial charge in [0.1, 0.15) is 12.4 Å². The predicted molar refractivity (Wildman–Crippen MR) is 75.8 cm³/mol. The van der Waals surface area contributed by atoms with E-state index in [0.717, 1.165) is 10.0 Å². The molecule has 0 saturated heterocycles. The van der Waals surface area contributed by atoms with Crippen LogP contribution in [0.4, 0.5) is 10.1 Å². The number of hydrogen-bond acceptors (Lipinski definition) is 3. The molecule has 0 amide bonds. The van der Waals surface area contributed by atoms with E-state index in [1.165, 1.54) is 19.2 Å². The summed E-state index contributed by atoms with van der Waals surface area (Å²) in [6.07, 6.45) is 0. The Morgan fingerprint density at radius 1 is 1.21 bits per heavy atom. The molecule has 0 saturated carbocycles. The summed E-state index contributed by atoms with van der Waals surface area (Å²) in [6, 6.07) is 10.4. The fourth-order valence-electron chi connectivity index (χ4n) is 1.62. The molecule has 0 aliphatic rings. The quantitative estimate of drug-likeness (QED) is 0.870. The van der Waals surface area contributed by atoms with E-state index < -0.39 is 5.82 Å². The third-order valence-electron chi connectivity index (χ3n) is 2.57. The van der Waals surface area contributed by atoms with Gasteiger partial charge in [-0.3, -0.25) is 0 Å². The highest BCUT2D eigenvalue weighted by Crippen LogP contribution is 2.30. The van der Waals surface area contributed by atoms with Gasteiger partial charge in [0.05, 0.1) is 12.8 Å². The van der Waals surface area contributed by atoms with Crippen LogP contribution < -0.4 is 15.2 Å². The summed E-state index contributed by atoms with van der Waals surface area (Å²) in [7, 11) is 1.40. The number of anilines is 1. The van der Waals surface area contributed by atoms with Crippen LogP contribution in [0.2, 0.25) is 0 Å². The molecule has 0 aliphatic carbocycles. The smallest absolute Gasteiger partial charge is 0.167 e. The third kappa shape index (κ3) is 3.38. The Morgan fingerprint density at radius 3 is 2.68 bits per heavy atom. The number of benzene rings is 2. The van der Waals surface area contributed by atoms with Gasteiger partial charge in [0.2, 0.25) is 0 Å². The SMILES string of the molecule is COc1cc(OCc2cccc(Br)c2)c(N)cc1F. The Labute approximate surface area is 119 Å². The van der Waals surface area contributed by atoms with Gasteiger partial charge in [-0.05, 0) is 17.7 Å². The van der Waals surface area contributed by atoms with Crippen molar-refractivity contribution in [2.75, 3.05) is 12.8 Å². The minimum absolute atomic E-state index is 0.110. The topological polar surface area (TPSA) is 44.5 Å². The van der Waals surface area contributed by atoms with Crippen LogP contribution in [-0.4, -0.2) is 7.11 Å². The van der Waals surface area contributed by atoms with Crippen molar-refractivity contribution >= 4 is 21.6 Å². The van der Waals surface area contributed by atoms with Crippen LogP contribution in [0.3, 0.4) is 0 Å². The molecular formula is C14H13BrFNO2. The Hall–Kier alpha value is -1.75. The van der Waals surface area contributed by atoms with Gasteiger partial charge in [0, 0.05) is 16.6 Å². The van der Waals surface area contributed by atoms with Crippen LogP contribution in [-0.2, 0) is 6.61 Å². The Bertz CT molecular complexity index is 590. The molecule has 2 aromatic carbocycles. The van der Waals surface area contributed by atoms with E-state index in [2.05, 4.69) is 15.9 Å². The number of methoxy groups -OCH3 is 1. The van der Waals surface area contributed by atoms with Crippen LogP contribution in [0.1, 0.15) is 5.56 Å². The number of nitrogen functional groups attached to an aromatic ring is 1. The molecule has 2 aromatic rings. The zero-order valence-electron chi connectivity index (χ0n) is 10.3. The number of hydrogen-bond donors (Lipinski definition) is 1. The van der Waals surface area contributed by atoms with E-state index in [1.54, 1.807) is 0 Å². The number of ether oxygens (including phenoxy) is 2. The lowest BCUT2D eigenvalue weighted by Gasteiger charge is -2.11. The molecule has 0 radical (unpaired) electrons. The summed E-state index contributed by atoms with van der Waals surface area (Å²) in [5.41, 5.74) is 6.94. The van der Waals surface area contributed by atoms with Crippen molar-refractivity contribution in [3.8, 4) is 11.5 Å². The zero-order valence-corrected chi connectivity index (χ0v) is 11.9. The van der Waals surface area contributed by atoms with Crippen molar-refractivity contribution in [2.24, 2.45) is 0 Å². The molecule has 19 heavy (non-hydrogen) atoms. The van der Waals surface area contributed by atoms with E-state index in [4.69, 9.17) is 15.2 Å². The van der Waals surface area contributed by atoms with Gasteiger partial charge in [-0.1, -0.05) is 28.1 Å². The summed E-state index contributed by atoms with van der Waals surface area (Å²) in [5.74, 6) is 0.00599. The summed E-state index contributed by atoms with van der Waals surface area (Å²) in [5, 5.41) is 0. The van der Waals surface area contributed by atoms with Crippen molar-refractivity contribution in [3.63, 3.8) is 0 Å². The van der Waals surface area contributed by atoms with Gasteiger partial charge < -0.3 is 15.2 Å². The number of halogens is 2. The molecule has 2 N–H and O–H groups in total. The molecule has 0 atom stereocenters. The summed E-state index contributed by atoms with van der Waals surface area (Å²) < 4.78 is 24.8. The van der Waals surface area contributed by atoms with Crippen LogP contribution in [0.15, 0.2) is 40.9 Å². The average molecular weight is 326 g/mol. The van der Waals surface area contributed by atoms with E-state index in [1.807, 2.05) is 24.3 Å². The lowest BCUT2D eigenvalue weighted by Crippen LogP contribution is -2.00. The Morgan fingerprint density at radius 2 is 2.00 bits per heavy atom. The molecular weight excluding hydrogens is 313 g/mol. The molecule has 3 nitrogen and oxygen atoms in total. The van der Waals surface area contributed by atoms with Gasteiger partial charge in [-0.15, -0.1) is 0 Å². The molecule has 0 bridgehead atoms. The standard InChI is InChI=1S/C14H13BrFNO2/c1-18-13-7-14(12(17)6-11(13)16)19-8-9-3-2-4-10(15)5-9/h2-7H,8,17H2,1H3. The molecule has 0 aliphatic heterocycles. The second-order valence-corrected chi connectivity index (χ2v) is 4.86. The highest BCUT2D eigenvalue weighted by atomic mass is 79.9. The van der Waals surface area contributed by atoms with Gasteiger partial charge in [-0.25, -0.2) is 4.39 Å². The maximum Gasteiger partial charge on any atom is 0.167 e. The first-order valence-corrected chi connectivity index (χ1v) is 6.39. The molecule has 0 aromatic heterocycles. The largest absolute Gasteiger partial charge is 0.494 e. The van der Waals surface area contributed by atoms with Crippen LogP contribution in [0.25, 0.3) is 0 Å². The average Bonchev–Trinajstić information content (AvgIpc) is 2.38. The van der Waals surface area contributed by atoms with E-state index >= 15 is 0 Å². The summed E-state index contributed by atoms with van der Waals surface area (Å²) in [6.45, 7) is 0.346. The molecule has 5 heteroatoms. The second kappa shape index (κ2) is 5.93. The third-order valence-corrected chi connectivity index (χ3v) is 3.06. The molecule has 0 heterocycles. The van der Waals surface area contributed by atoms with Crippen molar-refractivity contribution < 1.29 is 13.9 Å². The second-order valence-electron chi connectivity index (χ2n) is 3.94. The van der Waals surface area contributed by atoms with Gasteiger partial charge in [0.15, 0.2) is 11.6 Å². The van der Waals surface area contributed by atoms with Gasteiger partial charge >= 0.3 is 0 Å². The molecule has 100 valence electrons. The lowest BCUT2D eigenvalue weighted by atomic mass is 10.2. The summed E-state index contributed by atoms with van der Waals surface area (Å²) >= 11 is 3.39. The fraction of sp³-hybridized carbons (Fsp3) is 0.143. The maximum absolute atomic E-state index is 13.4. The van der Waals surface area contributed by atoms with E-state index in [0.29, 0.717) is 12.4 Å². The maximum atomic E-state index is 13.4. The normalized spacial score (nSPS) is 10.3. The molecule has 0 unspecified atom stereocenters. The van der Waals surface area contributed by atoms with E-state index in [-0.39, 0.29) is 11.4 Å². The number of nitrogens with two attached hydrogens (primary N) is 1. The minimum Gasteiger partial charge on any atom is -0.494 e. The molecule has 0 spiro atoms. The minimum atomic E-state index is -0.505. The van der Waals surface area contributed by atoms with Crippen molar-refractivity contribution in [1.82, 2.24) is 0 Å². The van der Waals surface area contributed by atoms with Gasteiger partial charge in [-0.2, -0.15) is 0 Å². The summed E-state index contributed by atoms with van der Waals surface area (Å²) in [4.78, 5) is 0. The fourth-order valence-corrected chi connectivity index (χ4v) is 2.07.